The maximum atomic E-state index is 13.7. The van der Waals surface area contributed by atoms with Gasteiger partial charge in [-0.1, -0.05) is 26.0 Å². The molecule has 0 unspecified atom stereocenters. The van der Waals surface area contributed by atoms with Gasteiger partial charge in [-0.25, -0.2) is 8.42 Å². The lowest BCUT2D eigenvalue weighted by Gasteiger charge is -2.27. The molecule has 2 aromatic carbocycles. The highest BCUT2D eigenvalue weighted by Gasteiger charge is 2.44. The molecule has 0 spiro atoms. The third kappa shape index (κ3) is 5.32. The van der Waals surface area contributed by atoms with Crippen LogP contribution >= 0.6 is 0 Å². The van der Waals surface area contributed by atoms with Crippen molar-refractivity contribution in [3.05, 3.63) is 52.6 Å². The van der Waals surface area contributed by atoms with Gasteiger partial charge >= 0.3 is 0 Å². The van der Waals surface area contributed by atoms with Gasteiger partial charge in [0.1, 0.15) is 9.84 Å². The van der Waals surface area contributed by atoms with E-state index in [0.717, 1.165) is 11.2 Å². The van der Waals surface area contributed by atoms with E-state index < -0.39 is 33.4 Å². The smallest absolute Gasteiger partial charge is 0.264 e. The maximum absolute atomic E-state index is 13.7. The zero-order valence-corrected chi connectivity index (χ0v) is 21.3. The number of hydrogen-bond acceptors (Lipinski definition) is 7. The van der Waals surface area contributed by atoms with E-state index in [1.54, 1.807) is 44.2 Å². The van der Waals surface area contributed by atoms with E-state index in [2.05, 4.69) is 5.32 Å². The molecule has 1 atom stereocenters. The summed E-state index contributed by atoms with van der Waals surface area (Å²) in [6, 6.07) is 6.94. The number of rotatable bonds is 10. The molecule has 0 saturated carbocycles. The second-order valence-electron chi connectivity index (χ2n) is 8.21. The Kier molecular flexibility index (Phi) is 7.84. The molecule has 0 radical (unpaired) electrons. The van der Waals surface area contributed by atoms with Crippen LogP contribution in [0.15, 0.2) is 30.3 Å². The number of anilines is 1. The third-order valence-corrected chi connectivity index (χ3v) is 6.71. The molecule has 0 fully saturated rings. The molecule has 35 heavy (non-hydrogen) atoms. The van der Waals surface area contributed by atoms with Crippen LogP contribution in [0.2, 0.25) is 0 Å². The van der Waals surface area contributed by atoms with Gasteiger partial charge in [-0.15, -0.1) is 0 Å². The van der Waals surface area contributed by atoms with Crippen LogP contribution in [0, 0.1) is 0 Å². The number of nitrogens with one attached hydrogen (secondary N) is 1. The lowest BCUT2D eigenvalue weighted by molar-refractivity contribution is -0.115. The molecule has 10 heteroatoms. The first-order valence-electron chi connectivity index (χ1n) is 11.4. The number of aryl methyl sites for hydroxylation is 1. The van der Waals surface area contributed by atoms with Crippen molar-refractivity contribution in [1.82, 2.24) is 4.90 Å². The standard InChI is InChI=1S/C25H30N2O7S/c1-6-15-9-11-17-22(23(15)26-21(28)7-2)25(30)27(24(17)29)18(14-35(5,31)32)16-10-12-19(33-4)20(13-16)34-8-3/h9-13,18H,6-8,14H2,1-5H3,(H,26,28)/t18-/m1/s1. The molecular weight excluding hydrogens is 472 g/mol. The quantitative estimate of drug-likeness (QED) is 0.495. The largest absolute Gasteiger partial charge is 0.493 e. The Morgan fingerprint density at radius 1 is 1.06 bits per heavy atom. The topological polar surface area (TPSA) is 119 Å². The minimum atomic E-state index is -3.62. The van der Waals surface area contributed by atoms with Crippen molar-refractivity contribution in [3.63, 3.8) is 0 Å². The number of imide groups is 1. The highest BCUT2D eigenvalue weighted by molar-refractivity contribution is 7.90. The zero-order chi connectivity index (χ0) is 25.9. The number of benzene rings is 2. The van der Waals surface area contributed by atoms with E-state index in [0.29, 0.717) is 41.3 Å². The molecule has 0 aromatic heterocycles. The van der Waals surface area contributed by atoms with Gasteiger partial charge < -0.3 is 14.8 Å². The molecule has 0 saturated heterocycles. The number of sulfone groups is 1. The molecule has 3 amide bonds. The molecule has 3 rings (SSSR count). The van der Waals surface area contributed by atoms with Gasteiger partial charge in [0.2, 0.25) is 5.91 Å². The Balaban J connectivity index is 2.17. The van der Waals surface area contributed by atoms with Crippen molar-refractivity contribution in [3.8, 4) is 11.5 Å². The zero-order valence-electron chi connectivity index (χ0n) is 20.5. The SMILES string of the molecule is CCOc1cc([C@@H](CS(C)(=O)=O)N2C(=O)c3ccc(CC)c(NC(=O)CC)c3C2=O)ccc1OC. The predicted octanol–water partition coefficient (Wildman–Crippen LogP) is 3.39. The van der Waals surface area contributed by atoms with Crippen molar-refractivity contribution in [1.29, 1.82) is 0 Å². The third-order valence-electron chi connectivity index (χ3n) is 5.78. The summed E-state index contributed by atoms with van der Waals surface area (Å²) in [5, 5.41) is 2.76. The van der Waals surface area contributed by atoms with Gasteiger partial charge in [-0.3, -0.25) is 19.3 Å². The van der Waals surface area contributed by atoms with Gasteiger partial charge in [-0.05, 0) is 42.7 Å². The summed E-state index contributed by atoms with van der Waals surface area (Å²) in [7, 11) is -2.14. The minimum absolute atomic E-state index is 0.0770. The number of hydrogen-bond donors (Lipinski definition) is 1. The number of carbonyl (C=O) groups excluding carboxylic acids is 3. The Labute approximate surface area is 205 Å². The Hall–Kier alpha value is -3.40. The first-order valence-corrected chi connectivity index (χ1v) is 13.4. The average molecular weight is 503 g/mol. The van der Waals surface area contributed by atoms with Crippen molar-refractivity contribution in [2.75, 3.05) is 31.0 Å². The lowest BCUT2D eigenvalue weighted by atomic mass is 10.0. The molecule has 0 bridgehead atoms. The minimum Gasteiger partial charge on any atom is -0.493 e. The Bertz CT molecular complexity index is 1270. The Morgan fingerprint density at radius 3 is 2.34 bits per heavy atom. The van der Waals surface area contributed by atoms with Crippen molar-refractivity contribution in [2.45, 2.75) is 39.7 Å². The van der Waals surface area contributed by atoms with E-state index in [9.17, 15) is 22.8 Å². The number of carbonyl (C=O) groups is 3. The summed E-state index contributed by atoms with van der Waals surface area (Å²) in [6.07, 6.45) is 1.77. The fourth-order valence-corrected chi connectivity index (χ4v) is 5.03. The van der Waals surface area contributed by atoms with Crippen LogP contribution in [0.5, 0.6) is 11.5 Å². The maximum Gasteiger partial charge on any atom is 0.264 e. The van der Waals surface area contributed by atoms with Gasteiger partial charge in [0.05, 0.1) is 42.3 Å². The van der Waals surface area contributed by atoms with Crippen LogP contribution in [0.1, 0.15) is 65.1 Å². The van der Waals surface area contributed by atoms with Crippen LogP contribution in [-0.4, -0.2) is 56.8 Å². The Morgan fingerprint density at radius 2 is 1.77 bits per heavy atom. The van der Waals surface area contributed by atoms with E-state index in [1.807, 2.05) is 6.92 Å². The summed E-state index contributed by atoms with van der Waals surface area (Å²) in [4.78, 5) is 40.4. The van der Waals surface area contributed by atoms with E-state index in [4.69, 9.17) is 9.47 Å². The van der Waals surface area contributed by atoms with E-state index in [1.165, 1.54) is 7.11 Å². The molecule has 1 aliphatic heterocycles. The number of nitrogens with zero attached hydrogens (tertiary/aromatic N) is 1. The summed E-state index contributed by atoms with van der Waals surface area (Å²) in [5.74, 6) is -1.25. The van der Waals surface area contributed by atoms with Crippen molar-refractivity contribution >= 4 is 33.2 Å². The predicted molar refractivity (Wildman–Crippen MR) is 132 cm³/mol. The molecular formula is C25H30N2O7S. The van der Waals surface area contributed by atoms with Crippen molar-refractivity contribution < 1.29 is 32.3 Å². The van der Waals surface area contributed by atoms with E-state index in [-0.39, 0.29) is 23.5 Å². The molecule has 1 aliphatic rings. The first kappa shape index (κ1) is 26.2. The summed E-state index contributed by atoms with van der Waals surface area (Å²) >= 11 is 0. The average Bonchev–Trinajstić information content (AvgIpc) is 3.07. The molecule has 1 N–H and O–H groups in total. The molecule has 2 aromatic rings. The van der Waals surface area contributed by atoms with Crippen LogP contribution in [0.25, 0.3) is 0 Å². The van der Waals surface area contributed by atoms with Gasteiger partial charge in [-0.2, -0.15) is 0 Å². The first-order chi connectivity index (χ1) is 16.6. The summed E-state index contributed by atoms with van der Waals surface area (Å²) in [5.41, 5.74) is 1.60. The molecule has 1 heterocycles. The number of ether oxygens (including phenoxy) is 2. The number of amides is 3. The highest BCUT2D eigenvalue weighted by atomic mass is 32.2. The van der Waals surface area contributed by atoms with Gasteiger partial charge in [0.25, 0.3) is 11.8 Å². The van der Waals surface area contributed by atoms with Crippen LogP contribution in [-0.2, 0) is 21.1 Å². The number of fused-ring (bicyclic) bond motifs is 1. The second-order valence-corrected chi connectivity index (χ2v) is 10.4. The highest BCUT2D eigenvalue weighted by Crippen LogP contribution is 2.39. The van der Waals surface area contributed by atoms with Crippen LogP contribution in [0.3, 0.4) is 0 Å². The monoisotopic (exact) mass is 502 g/mol. The van der Waals surface area contributed by atoms with Crippen LogP contribution < -0.4 is 14.8 Å². The van der Waals surface area contributed by atoms with Gasteiger partial charge in [0.15, 0.2) is 11.5 Å². The molecule has 0 aliphatic carbocycles. The second kappa shape index (κ2) is 10.5. The molecule has 188 valence electrons. The van der Waals surface area contributed by atoms with Crippen molar-refractivity contribution in [2.24, 2.45) is 0 Å². The fourth-order valence-electron chi connectivity index (χ4n) is 4.11. The number of methoxy groups -OCH3 is 1. The lowest BCUT2D eigenvalue weighted by Crippen LogP contribution is -2.37. The normalized spacial score (nSPS) is 14.0. The summed E-state index contributed by atoms with van der Waals surface area (Å²) in [6.45, 7) is 5.69. The van der Waals surface area contributed by atoms with Crippen LogP contribution in [0.4, 0.5) is 5.69 Å². The van der Waals surface area contributed by atoms with Gasteiger partial charge in [0, 0.05) is 12.7 Å². The van der Waals surface area contributed by atoms with E-state index >= 15 is 0 Å². The summed E-state index contributed by atoms with van der Waals surface area (Å²) < 4.78 is 35.7. The molecule has 9 nitrogen and oxygen atoms in total. The fraction of sp³-hybridized carbons (Fsp3) is 0.400.